The number of benzene rings is 1. The van der Waals surface area contributed by atoms with Gasteiger partial charge in [-0.25, -0.2) is 0 Å². The van der Waals surface area contributed by atoms with Crippen molar-refractivity contribution in [2.24, 2.45) is 0 Å². The minimum absolute atomic E-state index is 0.0138. The minimum atomic E-state index is -0.213. The summed E-state index contributed by atoms with van der Waals surface area (Å²) >= 11 is 0. The zero-order chi connectivity index (χ0) is 13.8. The molecule has 2 rings (SSSR count). The Labute approximate surface area is 112 Å². The molecule has 1 heterocycles. The average Bonchev–Trinajstić information content (AvgIpc) is 2.69. The molecule has 0 fully saturated rings. The van der Waals surface area contributed by atoms with Crippen LogP contribution in [0.2, 0.25) is 0 Å². The molecule has 0 spiro atoms. The van der Waals surface area contributed by atoms with Gasteiger partial charge in [0, 0.05) is 25.2 Å². The lowest BCUT2D eigenvalue weighted by Gasteiger charge is -2.13. The van der Waals surface area contributed by atoms with E-state index >= 15 is 0 Å². The van der Waals surface area contributed by atoms with Crippen molar-refractivity contribution in [1.29, 1.82) is 0 Å². The number of anilines is 1. The topological polar surface area (TPSA) is 56.8 Å². The van der Waals surface area contributed by atoms with Crippen molar-refractivity contribution < 1.29 is 19.0 Å². The lowest BCUT2D eigenvalue weighted by molar-refractivity contribution is -0.119. The predicted molar refractivity (Wildman–Crippen MR) is 71.9 cm³/mol. The SMILES string of the molecule is CCOc1cc2c(cc1NC(=O)COC)O[C@H](C)C2. The standard InChI is InChI=1S/C14H19NO4/c1-4-18-13-6-10-5-9(2)19-12(10)7-11(13)15-14(16)8-17-3/h6-7,9H,4-5,8H2,1-3H3,(H,15,16)/t9-/m1/s1. The van der Waals surface area contributed by atoms with Gasteiger partial charge in [-0.15, -0.1) is 0 Å². The number of carbonyl (C=O) groups is 1. The first-order chi connectivity index (χ1) is 9.13. The zero-order valence-electron chi connectivity index (χ0n) is 11.5. The van der Waals surface area contributed by atoms with Gasteiger partial charge in [0.15, 0.2) is 0 Å². The number of ether oxygens (including phenoxy) is 3. The van der Waals surface area contributed by atoms with Crippen LogP contribution in [0.3, 0.4) is 0 Å². The summed E-state index contributed by atoms with van der Waals surface area (Å²) in [6.45, 7) is 4.49. The first-order valence-electron chi connectivity index (χ1n) is 6.39. The Kier molecular flexibility index (Phi) is 4.27. The Balaban J connectivity index is 2.25. The summed E-state index contributed by atoms with van der Waals surface area (Å²) < 4.78 is 16.1. The highest BCUT2D eigenvalue weighted by Crippen LogP contribution is 2.37. The number of hydrogen-bond donors (Lipinski definition) is 1. The van der Waals surface area contributed by atoms with Gasteiger partial charge in [-0.2, -0.15) is 0 Å². The highest BCUT2D eigenvalue weighted by atomic mass is 16.5. The van der Waals surface area contributed by atoms with Crippen LogP contribution in [0.4, 0.5) is 5.69 Å². The molecule has 1 amide bonds. The summed E-state index contributed by atoms with van der Waals surface area (Å²) in [5.41, 5.74) is 1.73. The molecule has 0 aliphatic carbocycles. The minimum Gasteiger partial charge on any atom is -0.492 e. The van der Waals surface area contributed by atoms with E-state index in [-0.39, 0.29) is 18.6 Å². The molecule has 1 aromatic carbocycles. The zero-order valence-corrected chi connectivity index (χ0v) is 11.5. The number of nitrogens with one attached hydrogen (secondary N) is 1. The second-order valence-corrected chi connectivity index (χ2v) is 4.50. The van der Waals surface area contributed by atoms with Crippen LogP contribution in [-0.4, -0.2) is 32.3 Å². The predicted octanol–water partition coefficient (Wildman–Crippen LogP) is 1.99. The van der Waals surface area contributed by atoms with Gasteiger partial charge < -0.3 is 19.5 Å². The van der Waals surface area contributed by atoms with Crippen LogP contribution in [0, 0.1) is 0 Å². The van der Waals surface area contributed by atoms with Crippen LogP contribution in [0.15, 0.2) is 12.1 Å². The van der Waals surface area contributed by atoms with Crippen LogP contribution in [0.5, 0.6) is 11.5 Å². The number of methoxy groups -OCH3 is 1. The second kappa shape index (κ2) is 5.93. The number of amides is 1. The molecular weight excluding hydrogens is 246 g/mol. The van der Waals surface area contributed by atoms with E-state index in [1.807, 2.05) is 26.0 Å². The number of carbonyl (C=O) groups excluding carboxylic acids is 1. The van der Waals surface area contributed by atoms with Crippen LogP contribution < -0.4 is 14.8 Å². The summed E-state index contributed by atoms with van der Waals surface area (Å²) in [5, 5.41) is 2.77. The van der Waals surface area contributed by atoms with Crippen LogP contribution in [0.25, 0.3) is 0 Å². The molecule has 1 atom stereocenters. The number of rotatable bonds is 5. The van der Waals surface area contributed by atoms with E-state index in [0.717, 1.165) is 17.7 Å². The first kappa shape index (κ1) is 13.7. The van der Waals surface area contributed by atoms with Gasteiger partial charge in [0.25, 0.3) is 0 Å². The van der Waals surface area contributed by atoms with Gasteiger partial charge in [0.1, 0.15) is 24.2 Å². The Morgan fingerprint density at radius 2 is 2.32 bits per heavy atom. The van der Waals surface area contributed by atoms with Crippen molar-refractivity contribution in [3.05, 3.63) is 17.7 Å². The molecule has 0 saturated heterocycles. The fraction of sp³-hybridized carbons (Fsp3) is 0.500. The van der Waals surface area contributed by atoms with E-state index in [9.17, 15) is 4.79 Å². The maximum Gasteiger partial charge on any atom is 0.250 e. The third-order valence-corrected chi connectivity index (χ3v) is 2.85. The summed E-state index contributed by atoms with van der Waals surface area (Å²) in [6, 6.07) is 3.75. The Hall–Kier alpha value is -1.75. The summed E-state index contributed by atoms with van der Waals surface area (Å²) in [7, 11) is 1.48. The average molecular weight is 265 g/mol. The van der Waals surface area contributed by atoms with E-state index in [0.29, 0.717) is 18.0 Å². The third-order valence-electron chi connectivity index (χ3n) is 2.85. The van der Waals surface area contributed by atoms with Crippen LogP contribution in [-0.2, 0) is 16.0 Å². The summed E-state index contributed by atoms with van der Waals surface area (Å²) in [5.74, 6) is 1.27. The number of hydrogen-bond acceptors (Lipinski definition) is 4. The highest BCUT2D eigenvalue weighted by Gasteiger charge is 2.22. The van der Waals surface area contributed by atoms with Crippen LogP contribution in [0.1, 0.15) is 19.4 Å². The van der Waals surface area contributed by atoms with E-state index in [4.69, 9.17) is 14.2 Å². The molecule has 0 aromatic heterocycles. The maximum atomic E-state index is 11.6. The van der Waals surface area contributed by atoms with Gasteiger partial charge in [0.2, 0.25) is 5.91 Å². The molecule has 0 radical (unpaired) electrons. The number of fused-ring (bicyclic) bond motifs is 1. The normalized spacial score (nSPS) is 16.7. The Bertz CT molecular complexity index is 473. The van der Waals surface area contributed by atoms with Crippen molar-refractivity contribution in [1.82, 2.24) is 0 Å². The largest absolute Gasteiger partial charge is 0.492 e. The van der Waals surface area contributed by atoms with Gasteiger partial charge in [-0.1, -0.05) is 0 Å². The molecule has 0 bridgehead atoms. The molecule has 0 saturated carbocycles. The highest BCUT2D eigenvalue weighted by molar-refractivity contribution is 5.93. The molecule has 5 nitrogen and oxygen atoms in total. The lowest BCUT2D eigenvalue weighted by atomic mass is 10.1. The molecule has 19 heavy (non-hydrogen) atoms. The van der Waals surface area contributed by atoms with E-state index < -0.39 is 0 Å². The van der Waals surface area contributed by atoms with Crippen molar-refractivity contribution >= 4 is 11.6 Å². The smallest absolute Gasteiger partial charge is 0.250 e. The quantitative estimate of drug-likeness (QED) is 0.884. The van der Waals surface area contributed by atoms with E-state index in [1.165, 1.54) is 7.11 Å². The van der Waals surface area contributed by atoms with Gasteiger partial charge >= 0.3 is 0 Å². The van der Waals surface area contributed by atoms with Crippen molar-refractivity contribution in [2.75, 3.05) is 25.6 Å². The molecule has 0 unspecified atom stereocenters. The summed E-state index contributed by atoms with van der Waals surface area (Å²) in [4.78, 5) is 11.6. The van der Waals surface area contributed by atoms with Crippen molar-refractivity contribution in [3.63, 3.8) is 0 Å². The first-order valence-corrected chi connectivity index (χ1v) is 6.39. The molecular formula is C14H19NO4. The third kappa shape index (κ3) is 3.17. The fourth-order valence-corrected chi connectivity index (χ4v) is 2.13. The molecule has 1 aliphatic heterocycles. The Morgan fingerprint density at radius 1 is 1.53 bits per heavy atom. The summed E-state index contributed by atoms with van der Waals surface area (Å²) in [6.07, 6.45) is 1.02. The monoisotopic (exact) mass is 265 g/mol. The molecule has 5 heteroatoms. The van der Waals surface area contributed by atoms with E-state index in [2.05, 4.69) is 5.32 Å². The van der Waals surface area contributed by atoms with Crippen molar-refractivity contribution in [2.45, 2.75) is 26.4 Å². The molecule has 1 aromatic rings. The van der Waals surface area contributed by atoms with Crippen molar-refractivity contribution in [3.8, 4) is 11.5 Å². The molecule has 1 aliphatic rings. The molecule has 104 valence electrons. The van der Waals surface area contributed by atoms with Gasteiger partial charge in [0.05, 0.1) is 12.3 Å². The molecule has 1 N–H and O–H groups in total. The lowest BCUT2D eigenvalue weighted by Crippen LogP contribution is -2.17. The van der Waals surface area contributed by atoms with Gasteiger partial charge in [-0.05, 0) is 19.9 Å². The maximum absolute atomic E-state index is 11.6. The Morgan fingerprint density at radius 3 is 3.00 bits per heavy atom. The van der Waals surface area contributed by atoms with Gasteiger partial charge in [-0.3, -0.25) is 4.79 Å². The van der Waals surface area contributed by atoms with E-state index in [1.54, 1.807) is 0 Å². The fourth-order valence-electron chi connectivity index (χ4n) is 2.13. The van der Waals surface area contributed by atoms with Crippen LogP contribution >= 0.6 is 0 Å². The second-order valence-electron chi connectivity index (χ2n) is 4.50.